The fourth-order valence-electron chi connectivity index (χ4n) is 3.17. The van der Waals surface area contributed by atoms with Gasteiger partial charge in [0.15, 0.2) is 6.61 Å². The molecule has 0 bridgehead atoms. The molecule has 0 atom stereocenters. The molecule has 2 aromatic carbocycles. The number of amides is 1. The Kier molecular flexibility index (Phi) is 7.17. The number of nitrogens with one attached hydrogen (secondary N) is 1. The number of carbonyl (C=O) groups excluding carboxylic acids is 1. The van der Waals surface area contributed by atoms with Crippen LogP contribution >= 0.6 is 0 Å². The second kappa shape index (κ2) is 9.82. The van der Waals surface area contributed by atoms with Crippen LogP contribution in [0.5, 0.6) is 11.5 Å². The van der Waals surface area contributed by atoms with Crippen LogP contribution in [0.2, 0.25) is 0 Å². The molecule has 0 saturated carbocycles. The van der Waals surface area contributed by atoms with Gasteiger partial charge in [0.1, 0.15) is 11.5 Å². The van der Waals surface area contributed by atoms with Crippen molar-refractivity contribution < 1.29 is 22.7 Å². The molecule has 1 heterocycles. The molecule has 0 aromatic heterocycles. The van der Waals surface area contributed by atoms with Gasteiger partial charge < -0.3 is 19.3 Å². The van der Waals surface area contributed by atoms with Gasteiger partial charge in [-0.05, 0) is 42.9 Å². The monoisotopic (exact) mass is 433 g/mol. The summed E-state index contributed by atoms with van der Waals surface area (Å²) in [6.07, 6.45) is 0. The zero-order valence-corrected chi connectivity index (χ0v) is 18.0. The number of carbonyl (C=O) groups is 1. The van der Waals surface area contributed by atoms with Crippen LogP contribution in [0, 0.1) is 0 Å². The number of sulfonamides is 1. The molecular formula is C21H27N3O5S. The summed E-state index contributed by atoms with van der Waals surface area (Å²) in [5, 5.41) is 0. The Bertz CT molecular complexity index is 955. The summed E-state index contributed by atoms with van der Waals surface area (Å²) in [6, 6.07) is 12.7. The third-order valence-corrected chi connectivity index (χ3v) is 6.39. The number of likely N-dealkylation sites (N-methyl/N-ethyl adjacent to an activating group) is 1. The molecule has 0 spiro atoms. The molecule has 0 unspecified atom stereocenters. The van der Waals surface area contributed by atoms with Crippen LogP contribution in [0.15, 0.2) is 53.4 Å². The van der Waals surface area contributed by atoms with E-state index in [1.165, 1.54) is 19.2 Å². The van der Waals surface area contributed by atoms with Crippen LogP contribution in [0.3, 0.4) is 0 Å². The number of anilines is 1. The Morgan fingerprint density at radius 2 is 1.73 bits per heavy atom. The van der Waals surface area contributed by atoms with Crippen LogP contribution in [0.4, 0.5) is 5.69 Å². The van der Waals surface area contributed by atoms with Crippen LogP contribution in [0.1, 0.15) is 6.92 Å². The van der Waals surface area contributed by atoms with Crippen molar-refractivity contribution in [3.63, 3.8) is 0 Å². The highest BCUT2D eigenvalue weighted by Gasteiger charge is 2.20. The highest BCUT2D eigenvalue weighted by molar-refractivity contribution is 7.92. The Balaban J connectivity index is 1.55. The van der Waals surface area contributed by atoms with Gasteiger partial charge in [0.05, 0.1) is 17.7 Å². The lowest BCUT2D eigenvalue weighted by Gasteiger charge is -2.33. The zero-order chi connectivity index (χ0) is 21.6. The maximum atomic E-state index is 12.6. The van der Waals surface area contributed by atoms with E-state index in [-0.39, 0.29) is 17.4 Å². The standard InChI is InChI=1S/C21H27N3O5S/c1-3-23-11-13-24(14-12-23)21(25)16-29-18-7-9-20(10-8-18)30(26,27)22-17-5-4-6-19(15-17)28-2/h4-10,15,22H,3,11-14,16H2,1-2H3. The zero-order valence-electron chi connectivity index (χ0n) is 17.2. The lowest BCUT2D eigenvalue weighted by atomic mass is 10.3. The van der Waals surface area contributed by atoms with Crippen molar-refractivity contribution in [3.8, 4) is 11.5 Å². The number of ether oxygens (including phenoxy) is 2. The summed E-state index contributed by atoms with van der Waals surface area (Å²) in [6.45, 7) is 6.16. The molecule has 162 valence electrons. The predicted octanol–water partition coefficient (Wildman–Crippen LogP) is 2.04. The first-order valence-electron chi connectivity index (χ1n) is 9.81. The fraction of sp³-hybridized carbons (Fsp3) is 0.381. The number of hydrogen-bond donors (Lipinski definition) is 1. The van der Waals surface area contributed by atoms with Crippen LogP contribution < -0.4 is 14.2 Å². The molecule has 1 N–H and O–H groups in total. The van der Waals surface area contributed by atoms with Gasteiger partial charge in [-0.25, -0.2) is 8.42 Å². The van der Waals surface area contributed by atoms with Gasteiger partial charge in [-0.15, -0.1) is 0 Å². The highest BCUT2D eigenvalue weighted by atomic mass is 32.2. The number of benzene rings is 2. The smallest absolute Gasteiger partial charge is 0.261 e. The van der Waals surface area contributed by atoms with Crippen molar-refractivity contribution in [1.82, 2.24) is 9.80 Å². The van der Waals surface area contributed by atoms with Crippen molar-refractivity contribution in [2.24, 2.45) is 0 Å². The molecular weight excluding hydrogens is 406 g/mol. The van der Waals surface area contributed by atoms with E-state index in [0.29, 0.717) is 30.3 Å². The van der Waals surface area contributed by atoms with Crippen LogP contribution in [-0.2, 0) is 14.8 Å². The predicted molar refractivity (Wildman–Crippen MR) is 114 cm³/mol. The minimum Gasteiger partial charge on any atom is -0.497 e. The largest absolute Gasteiger partial charge is 0.497 e. The van der Waals surface area contributed by atoms with Crippen LogP contribution in [0.25, 0.3) is 0 Å². The molecule has 0 aliphatic carbocycles. The van der Waals surface area contributed by atoms with E-state index in [1.54, 1.807) is 41.3 Å². The topological polar surface area (TPSA) is 88.2 Å². The molecule has 1 amide bonds. The quantitative estimate of drug-likeness (QED) is 0.686. The summed E-state index contributed by atoms with van der Waals surface area (Å²) >= 11 is 0. The Morgan fingerprint density at radius 3 is 2.37 bits per heavy atom. The van der Waals surface area contributed by atoms with Gasteiger partial charge in [-0.3, -0.25) is 9.52 Å². The van der Waals surface area contributed by atoms with E-state index < -0.39 is 10.0 Å². The first-order chi connectivity index (χ1) is 14.4. The number of methoxy groups -OCH3 is 1. The summed E-state index contributed by atoms with van der Waals surface area (Å²) in [7, 11) is -2.24. The molecule has 9 heteroatoms. The third kappa shape index (κ3) is 5.64. The van der Waals surface area contributed by atoms with Gasteiger partial charge >= 0.3 is 0 Å². The van der Waals surface area contributed by atoms with E-state index in [9.17, 15) is 13.2 Å². The van der Waals surface area contributed by atoms with Crippen molar-refractivity contribution in [2.45, 2.75) is 11.8 Å². The maximum absolute atomic E-state index is 12.6. The van der Waals surface area contributed by atoms with Gasteiger partial charge in [0.2, 0.25) is 0 Å². The molecule has 1 aliphatic heterocycles. The molecule has 2 aromatic rings. The average molecular weight is 434 g/mol. The summed E-state index contributed by atoms with van der Waals surface area (Å²) in [4.78, 5) is 16.5. The minimum absolute atomic E-state index is 0.0675. The van der Waals surface area contributed by atoms with Crippen LogP contribution in [-0.4, -0.2) is 70.6 Å². The van der Waals surface area contributed by atoms with E-state index in [1.807, 2.05) is 0 Å². The maximum Gasteiger partial charge on any atom is 0.261 e. The van der Waals surface area contributed by atoms with E-state index in [0.717, 1.165) is 19.6 Å². The first kappa shape index (κ1) is 21.9. The average Bonchev–Trinajstić information content (AvgIpc) is 2.77. The van der Waals surface area contributed by atoms with Crippen molar-refractivity contribution in [1.29, 1.82) is 0 Å². The second-order valence-corrected chi connectivity index (χ2v) is 8.59. The van der Waals surface area contributed by atoms with E-state index >= 15 is 0 Å². The van der Waals surface area contributed by atoms with Crippen molar-refractivity contribution >= 4 is 21.6 Å². The minimum atomic E-state index is -3.75. The van der Waals surface area contributed by atoms with Crippen molar-refractivity contribution in [3.05, 3.63) is 48.5 Å². The normalized spacial score (nSPS) is 14.9. The lowest BCUT2D eigenvalue weighted by Crippen LogP contribution is -2.49. The van der Waals surface area contributed by atoms with Gasteiger partial charge in [0, 0.05) is 32.2 Å². The number of nitrogens with zero attached hydrogens (tertiary/aromatic N) is 2. The SMILES string of the molecule is CCN1CCN(C(=O)COc2ccc(S(=O)(=O)Nc3cccc(OC)c3)cc2)CC1. The third-order valence-electron chi connectivity index (χ3n) is 4.99. The number of piperazine rings is 1. The molecule has 0 radical (unpaired) electrons. The van der Waals surface area contributed by atoms with E-state index in [4.69, 9.17) is 9.47 Å². The Hall–Kier alpha value is -2.78. The molecule has 1 saturated heterocycles. The van der Waals surface area contributed by atoms with Gasteiger partial charge in [0.25, 0.3) is 15.9 Å². The summed E-state index contributed by atoms with van der Waals surface area (Å²) < 4.78 is 38.3. The molecule has 30 heavy (non-hydrogen) atoms. The Labute approximate surface area is 177 Å². The first-order valence-corrected chi connectivity index (χ1v) is 11.3. The fourth-order valence-corrected chi connectivity index (χ4v) is 4.22. The highest BCUT2D eigenvalue weighted by Crippen LogP contribution is 2.22. The lowest BCUT2D eigenvalue weighted by molar-refractivity contribution is -0.135. The van der Waals surface area contributed by atoms with Gasteiger partial charge in [-0.2, -0.15) is 0 Å². The number of rotatable bonds is 8. The molecule has 3 rings (SSSR count). The van der Waals surface area contributed by atoms with Crippen molar-refractivity contribution in [2.75, 3.05) is 51.2 Å². The Morgan fingerprint density at radius 1 is 1.03 bits per heavy atom. The summed E-state index contributed by atoms with van der Waals surface area (Å²) in [5.41, 5.74) is 0.406. The summed E-state index contributed by atoms with van der Waals surface area (Å²) in [5.74, 6) is 0.928. The van der Waals surface area contributed by atoms with E-state index in [2.05, 4.69) is 16.5 Å². The molecule has 8 nitrogen and oxygen atoms in total. The number of hydrogen-bond acceptors (Lipinski definition) is 6. The molecule has 1 fully saturated rings. The second-order valence-electron chi connectivity index (χ2n) is 6.91. The molecule has 1 aliphatic rings. The van der Waals surface area contributed by atoms with Gasteiger partial charge in [-0.1, -0.05) is 13.0 Å².